The molecule has 1 aromatic rings. The predicted molar refractivity (Wildman–Crippen MR) is 115 cm³/mol. The molecule has 1 aromatic carbocycles. The summed E-state index contributed by atoms with van der Waals surface area (Å²) >= 11 is 0. The highest BCUT2D eigenvalue weighted by atomic mass is 16.4. The van der Waals surface area contributed by atoms with Gasteiger partial charge in [-0.25, -0.2) is 0 Å². The third kappa shape index (κ3) is 20.8. The minimum Gasteiger partial charge on any atom is -0.481 e. The summed E-state index contributed by atoms with van der Waals surface area (Å²) in [6.45, 7) is 2.65. The Balaban J connectivity index is 0.000000569. The Hall–Kier alpha value is -1.35. The molecule has 0 bridgehead atoms. The second kappa shape index (κ2) is 21.0. The van der Waals surface area contributed by atoms with E-state index in [4.69, 9.17) is 10.2 Å². The Labute approximate surface area is 167 Å². The minimum atomic E-state index is -0.786. The van der Waals surface area contributed by atoms with Crippen molar-refractivity contribution in [3.63, 3.8) is 0 Å². The maximum absolute atomic E-state index is 10.2. The first-order valence-corrected chi connectivity index (χ1v) is 11.1. The number of hydrogen-bond acceptors (Lipinski definition) is 2. The number of carbonyl (C=O) groups is 1. The van der Waals surface area contributed by atoms with Crippen LogP contribution in [-0.4, -0.2) is 22.8 Å². The third-order valence-corrected chi connectivity index (χ3v) is 4.71. The van der Waals surface area contributed by atoms with Gasteiger partial charge in [-0.2, -0.15) is 0 Å². The van der Waals surface area contributed by atoms with Crippen LogP contribution in [0.5, 0.6) is 0 Å². The van der Waals surface area contributed by atoms with Gasteiger partial charge in [-0.05, 0) is 12.0 Å². The van der Waals surface area contributed by atoms with Crippen molar-refractivity contribution in [1.82, 2.24) is 0 Å². The summed E-state index contributed by atoms with van der Waals surface area (Å²) in [6.07, 6.45) is 19.3. The Bertz CT molecular complexity index is 403. The number of aliphatic carboxylic acids is 1. The highest BCUT2D eigenvalue weighted by Crippen LogP contribution is 2.12. The van der Waals surface area contributed by atoms with Gasteiger partial charge in [0.1, 0.15) is 0 Å². The molecule has 3 nitrogen and oxygen atoms in total. The lowest BCUT2D eigenvalue weighted by atomic mass is 10.0. The summed E-state index contributed by atoms with van der Waals surface area (Å²) in [5.74, 6) is -0.786. The fraction of sp³-hybridized carbons (Fsp3) is 0.708. The van der Waals surface area contributed by atoms with Gasteiger partial charge in [-0.15, -0.1) is 0 Å². The van der Waals surface area contributed by atoms with Crippen LogP contribution in [0.4, 0.5) is 0 Å². The number of rotatable bonds is 16. The summed E-state index contributed by atoms with van der Waals surface area (Å²) in [7, 11) is 0. The molecule has 3 heteroatoms. The van der Waals surface area contributed by atoms with Crippen LogP contribution in [0.25, 0.3) is 0 Å². The van der Waals surface area contributed by atoms with E-state index in [1.54, 1.807) is 12.1 Å². The molecule has 0 aromatic heterocycles. The third-order valence-electron chi connectivity index (χ3n) is 4.71. The largest absolute Gasteiger partial charge is 0.481 e. The zero-order chi connectivity index (χ0) is 20.0. The van der Waals surface area contributed by atoms with E-state index in [0.717, 1.165) is 12.0 Å². The van der Waals surface area contributed by atoms with Crippen LogP contribution in [-0.2, 0) is 11.2 Å². The molecule has 0 radical (unpaired) electrons. The molecule has 0 saturated carbocycles. The molecular weight excluding hydrogens is 336 g/mol. The first-order valence-electron chi connectivity index (χ1n) is 11.1. The predicted octanol–water partition coefficient (Wildman–Crippen LogP) is 6.77. The summed E-state index contributed by atoms with van der Waals surface area (Å²) in [4.78, 5) is 10.2. The van der Waals surface area contributed by atoms with Gasteiger partial charge in [-0.1, -0.05) is 121 Å². The van der Waals surface area contributed by atoms with Gasteiger partial charge in [-0.3, -0.25) is 4.79 Å². The molecule has 0 heterocycles. The number of carboxylic acids is 1. The van der Waals surface area contributed by atoms with Gasteiger partial charge in [0, 0.05) is 6.61 Å². The fourth-order valence-corrected chi connectivity index (χ4v) is 3.08. The van der Waals surface area contributed by atoms with Crippen LogP contribution in [0, 0.1) is 0 Å². The van der Waals surface area contributed by atoms with Crippen molar-refractivity contribution in [2.24, 2.45) is 0 Å². The summed E-state index contributed by atoms with van der Waals surface area (Å²) < 4.78 is 0. The summed E-state index contributed by atoms with van der Waals surface area (Å²) in [5.41, 5.74) is 0.843. The number of aliphatic hydroxyl groups is 1. The van der Waals surface area contributed by atoms with Crippen molar-refractivity contribution in [3.05, 3.63) is 35.9 Å². The number of carboxylic acid groups (broad SMARTS) is 1. The molecule has 0 saturated heterocycles. The van der Waals surface area contributed by atoms with Gasteiger partial charge >= 0.3 is 5.97 Å². The first kappa shape index (κ1) is 25.6. The van der Waals surface area contributed by atoms with E-state index in [2.05, 4.69) is 6.92 Å². The molecular formula is C24H42O3. The number of hydrogen-bond donors (Lipinski definition) is 2. The van der Waals surface area contributed by atoms with Crippen LogP contribution in [0.1, 0.15) is 102 Å². The normalized spacial score (nSPS) is 10.3. The Morgan fingerprint density at radius 2 is 1.11 bits per heavy atom. The zero-order valence-corrected chi connectivity index (χ0v) is 17.5. The summed E-state index contributed by atoms with van der Waals surface area (Å²) in [6, 6.07) is 9.13. The van der Waals surface area contributed by atoms with Crippen molar-refractivity contribution in [2.45, 2.75) is 103 Å². The van der Waals surface area contributed by atoms with Crippen LogP contribution in [0.15, 0.2) is 30.3 Å². The SMILES string of the molecule is CCCCCCCCCCCCCCCCO.O=C(O)Cc1ccccc1. The topological polar surface area (TPSA) is 57.5 Å². The van der Waals surface area contributed by atoms with E-state index >= 15 is 0 Å². The van der Waals surface area contributed by atoms with E-state index in [-0.39, 0.29) is 6.42 Å². The Morgan fingerprint density at radius 3 is 1.48 bits per heavy atom. The molecule has 2 N–H and O–H groups in total. The number of aliphatic hydroxyl groups excluding tert-OH is 1. The second-order valence-corrected chi connectivity index (χ2v) is 7.38. The van der Waals surface area contributed by atoms with Crippen LogP contribution in [0.2, 0.25) is 0 Å². The van der Waals surface area contributed by atoms with Crippen LogP contribution in [0.3, 0.4) is 0 Å². The second-order valence-electron chi connectivity index (χ2n) is 7.38. The molecule has 27 heavy (non-hydrogen) atoms. The van der Waals surface area contributed by atoms with Gasteiger partial charge < -0.3 is 10.2 Å². The first-order chi connectivity index (χ1) is 13.2. The van der Waals surface area contributed by atoms with E-state index < -0.39 is 5.97 Å². The Kier molecular flexibility index (Phi) is 19.9. The maximum atomic E-state index is 10.2. The van der Waals surface area contributed by atoms with Crippen LogP contribution >= 0.6 is 0 Å². The van der Waals surface area contributed by atoms with E-state index in [0.29, 0.717) is 6.61 Å². The van der Waals surface area contributed by atoms with Gasteiger partial charge in [0.05, 0.1) is 6.42 Å². The quantitative estimate of drug-likeness (QED) is 0.312. The summed E-state index contributed by atoms with van der Waals surface area (Å²) in [5, 5.41) is 17.0. The lowest BCUT2D eigenvalue weighted by molar-refractivity contribution is -0.136. The highest BCUT2D eigenvalue weighted by Gasteiger charge is 1.96. The van der Waals surface area contributed by atoms with Gasteiger partial charge in [0.25, 0.3) is 0 Å². The lowest BCUT2D eigenvalue weighted by Gasteiger charge is -2.02. The zero-order valence-electron chi connectivity index (χ0n) is 17.5. The van der Waals surface area contributed by atoms with E-state index in [1.807, 2.05) is 18.2 Å². The molecule has 0 aliphatic carbocycles. The van der Waals surface area contributed by atoms with E-state index in [9.17, 15) is 4.79 Å². The van der Waals surface area contributed by atoms with Crippen molar-refractivity contribution in [3.8, 4) is 0 Å². The highest BCUT2D eigenvalue weighted by molar-refractivity contribution is 5.70. The Morgan fingerprint density at radius 1 is 0.704 bits per heavy atom. The maximum Gasteiger partial charge on any atom is 0.307 e. The van der Waals surface area contributed by atoms with Gasteiger partial charge in [0.2, 0.25) is 0 Å². The standard InChI is InChI=1S/C16H34O.C8H8O2/c1-2-3-4-5-6-7-8-9-10-11-12-13-14-15-16-17;9-8(10)6-7-4-2-1-3-5-7/h17H,2-16H2,1H3;1-5H,6H2,(H,9,10). The van der Waals surface area contributed by atoms with Crippen molar-refractivity contribution < 1.29 is 15.0 Å². The molecule has 0 aliphatic rings. The number of benzene rings is 1. The van der Waals surface area contributed by atoms with E-state index in [1.165, 1.54) is 83.5 Å². The average Bonchev–Trinajstić information content (AvgIpc) is 2.66. The average molecular weight is 379 g/mol. The smallest absolute Gasteiger partial charge is 0.307 e. The molecule has 156 valence electrons. The molecule has 0 spiro atoms. The molecule has 0 amide bonds. The van der Waals surface area contributed by atoms with Gasteiger partial charge in [0.15, 0.2) is 0 Å². The monoisotopic (exact) mass is 378 g/mol. The molecule has 0 fully saturated rings. The molecule has 1 rings (SSSR count). The molecule has 0 aliphatic heterocycles. The lowest BCUT2D eigenvalue weighted by Crippen LogP contribution is -1.98. The van der Waals surface area contributed by atoms with Crippen LogP contribution < -0.4 is 0 Å². The fourth-order valence-electron chi connectivity index (χ4n) is 3.08. The van der Waals surface area contributed by atoms with Crippen molar-refractivity contribution in [1.29, 1.82) is 0 Å². The number of unbranched alkanes of at least 4 members (excludes halogenated alkanes) is 13. The van der Waals surface area contributed by atoms with Crippen molar-refractivity contribution in [2.75, 3.05) is 6.61 Å². The minimum absolute atomic E-state index is 0.112. The molecule has 0 unspecified atom stereocenters. The van der Waals surface area contributed by atoms with Crippen molar-refractivity contribution >= 4 is 5.97 Å². The molecule has 0 atom stereocenters.